The lowest BCUT2D eigenvalue weighted by Crippen LogP contribution is -2.46. The van der Waals surface area contributed by atoms with Crippen LogP contribution in [0.4, 0.5) is 26.7 Å². The molecule has 0 saturated carbocycles. The molecule has 0 aromatic heterocycles. The number of alkyl carbamates (subject to hydrolysis) is 1. The van der Waals surface area contributed by atoms with Gasteiger partial charge in [-0.2, -0.15) is 22.0 Å². The number of amides is 2. The Kier molecular flexibility index (Phi) is 6.01. The van der Waals surface area contributed by atoms with Crippen LogP contribution in [0.25, 0.3) is 5.70 Å². The average molecular weight is 510 g/mol. The Morgan fingerprint density at radius 1 is 1.14 bits per heavy atom. The van der Waals surface area contributed by atoms with Crippen molar-refractivity contribution in [1.82, 2.24) is 10.2 Å². The molecule has 2 aliphatic rings. The first-order valence-corrected chi connectivity index (χ1v) is 11.1. The number of rotatable bonds is 4. The largest absolute Gasteiger partial charge is 0.481 e. The first-order chi connectivity index (χ1) is 16.7. The van der Waals surface area contributed by atoms with Crippen molar-refractivity contribution in [3.05, 3.63) is 69.9 Å². The van der Waals surface area contributed by atoms with Crippen LogP contribution in [0.3, 0.4) is 0 Å². The van der Waals surface area contributed by atoms with Crippen molar-refractivity contribution in [2.75, 3.05) is 6.61 Å². The molecule has 0 aliphatic carbocycles. The highest BCUT2D eigenvalue weighted by molar-refractivity contribution is 6.04. The summed E-state index contributed by atoms with van der Waals surface area (Å²) in [7, 11) is 0. The number of alkyl halides is 5. The Balaban J connectivity index is 2.01. The Morgan fingerprint density at radius 2 is 1.81 bits per heavy atom. The number of carbonyl (C=O) groups is 2. The van der Waals surface area contributed by atoms with Gasteiger partial charge in [-0.15, -0.1) is 0 Å². The third-order valence-electron chi connectivity index (χ3n) is 6.16. The molecule has 11 heteroatoms. The van der Waals surface area contributed by atoms with Crippen LogP contribution in [0, 0.1) is 6.92 Å². The van der Waals surface area contributed by atoms with Gasteiger partial charge in [0.25, 0.3) is 5.91 Å². The summed E-state index contributed by atoms with van der Waals surface area (Å²) in [5, 5.41) is 2.53. The Morgan fingerprint density at radius 3 is 2.42 bits per heavy atom. The van der Waals surface area contributed by atoms with E-state index in [1.807, 2.05) is 0 Å². The summed E-state index contributed by atoms with van der Waals surface area (Å²) in [4.78, 5) is 27.1. The minimum Gasteiger partial charge on any atom is -0.481 e. The lowest BCUT2D eigenvalue weighted by Gasteiger charge is -2.40. The van der Waals surface area contributed by atoms with Gasteiger partial charge in [0.05, 0.1) is 24.5 Å². The third-order valence-corrected chi connectivity index (χ3v) is 6.16. The molecule has 4 rings (SSSR count). The summed E-state index contributed by atoms with van der Waals surface area (Å²) in [6.45, 7) is 5.83. The SMILES string of the molecule is CCOC(=O)NC1=C(N2Cc3ccccc3C2=O)c2c(ccc(C(F)(F)C(F)(F)F)c2C)OC1(C)C. The maximum Gasteiger partial charge on any atom is 0.458 e. The molecule has 2 heterocycles. The summed E-state index contributed by atoms with van der Waals surface area (Å²) < 4.78 is 79.8. The van der Waals surface area contributed by atoms with E-state index in [0.717, 1.165) is 13.0 Å². The van der Waals surface area contributed by atoms with Gasteiger partial charge in [0.2, 0.25) is 0 Å². The highest BCUT2D eigenvalue weighted by Gasteiger charge is 2.60. The molecule has 36 heavy (non-hydrogen) atoms. The van der Waals surface area contributed by atoms with Crippen LogP contribution >= 0.6 is 0 Å². The van der Waals surface area contributed by atoms with E-state index in [2.05, 4.69) is 5.32 Å². The van der Waals surface area contributed by atoms with Gasteiger partial charge in [-0.3, -0.25) is 10.1 Å². The summed E-state index contributed by atoms with van der Waals surface area (Å²) >= 11 is 0. The van der Waals surface area contributed by atoms with Crippen LogP contribution in [0.2, 0.25) is 0 Å². The highest BCUT2D eigenvalue weighted by atomic mass is 19.4. The Hall–Kier alpha value is -3.63. The van der Waals surface area contributed by atoms with Crippen molar-refractivity contribution >= 4 is 17.7 Å². The number of halogens is 5. The zero-order valence-electron chi connectivity index (χ0n) is 19.8. The Bertz CT molecular complexity index is 1280. The molecule has 0 unspecified atom stereocenters. The lowest BCUT2D eigenvalue weighted by molar-refractivity contribution is -0.289. The van der Waals surface area contributed by atoms with E-state index >= 15 is 0 Å². The molecule has 2 amide bonds. The van der Waals surface area contributed by atoms with Gasteiger partial charge in [-0.1, -0.05) is 18.2 Å². The van der Waals surface area contributed by atoms with Crippen molar-refractivity contribution in [3.8, 4) is 5.75 Å². The Labute approximate surface area is 203 Å². The fourth-order valence-electron chi connectivity index (χ4n) is 4.48. The second-order valence-electron chi connectivity index (χ2n) is 8.91. The maximum atomic E-state index is 14.5. The van der Waals surface area contributed by atoms with Crippen molar-refractivity contribution < 1.29 is 41.0 Å². The van der Waals surface area contributed by atoms with E-state index in [9.17, 15) is 31.5 Å². The minimum atomic E-state index is -5.85. The number of benzene rings is 2. The first kappa shape index (κ1) is 25.5. The van der Waals surface area contributed by atoms with Gasteiger partial charge < -0.3 is 14.4 Å². The van der Waals surface area contributed by atoms with Gasteiger partial charge in [-0.05, 0) is 57.0 Å². The van der Waals surface area contributed by atoms with E-state index in [-0.39, 0.29) is 35.9 Å². The molecule has 0 atom stereocenters. The molecule has 0 radical (unpaired) electrons. The number of nitrogens with zero attached hydrogens (tertiary/aromatic N) is 1. The van der Waals surface area contributed by atoms with E-state index in [1.54, 1.807) is 45.0 Å². The number of nitrogens with one attached hydrogen (secondary N) is 1. The van der Waals surface area contributed by atoms with Crippen LogP contribution in [0.5, 0.6) is 5.75 Å². The molecule has 1 N–H and O–H groups in total. The highest BCUT2D eigenvalue weighted by Crippen LogP contribution is 2.51. The molecule has 192 valence electrons. The van der Waals surface area contributed by atoms with Gasteiger partial charge in [0.15, 0.2) is 0 Å². The molecule has 0 fully saturated rings. The van der Waals surface area contributed by atoms with Crippen molar-refractivity contribution in [1.29, 1.82) is 0 Å². The number of ether oxygens (including phenoxy) is 2. The standard InChI is InChI=1S/C25H23F5N2O4/c1-5-35-22(34)31-20-19(32-12-14-8-6-7-9-15(14)21(32)33)18-13(2)16(24(26,27)25(28,29)30)10-11-17(18)36-23(20,3)4/h6-11H,5,12H2,1-4H3,(H,31,34). The van der Waals surface area contributed by atoms with Gasteiger partial charge in [0, 0.05) is 16.7 Å². The van der Waals surface area contributed by atoms with Crippen molar-refractivity contribution in [3.63, 3.8) is 0 Å². The van der Waals surface area contributed by atoms with Crippen LogP contribution in [0.1, 0.15) is 53.4 Å². The summed E-state index contributed by atoms with van der Waals surface area (Å²) in [6, 6.07) is 8.35. The van der Waals surface area contributed by atoms with Gasteiger partial charge in [-0.25, -0.2) is 4.79 Å². The first-order valence-electron chi connectivity index (χ1n) is 11.1. The predicted octanol–water partition coefficient (Wildman–Crippen LogP) is 5.89. The number of hydrogen-bond donors (Lipinski definition) is 1. The number of hydrogen-bond acceptors (Lipinski definition) is 4. The smallest absolute Gasteiger partial charge is 0.458 e. The summed E-state index contributed by atoms with van der Waals surface area (Å²) in [5.41, 5.74) is -2.25. The zero-order valence-corrected chi connectivity index (χ0v) is 19.8. The van der Waals surface area contributed by atoms with E-state index in [4.69, 9.17) is 9.47 Å². The molecule has 0 spiro atoms. The molecule has 2 aromatic rings. The molecule has 0 bridgehead atoms. The van der Waals surface area contributed by atoms with Crippen LogP contribution in [-0.2, 0) is 17.2 Å². The predicted molar refractivity (Wildman–Crippen MR) is 119 cm³/mol. The monoisotopic (exact) mass is 510 g/mol. The molecule has 2 aromatic carbocycles. The van der Waals surface area contributed by atoms with Crippen LogP contribution < -0.4 is 10.1 Å². The summed E-state index contributed by atoms with van der Waals surface area (Å²) in [5.74, 6) is -5.68. The molecule has 6 nitrogen and oxygen atoms in total. The molecule has 0 saturated heterocycles. The lowest BCUT2D eigenvalue weighted by atomic mass is 9.88. The second-order valence-corrected chi connectivity index (χ2v) is 8.91. The number of fused-ring (bicyclic) bond motifs is 2. The topological polar surface area (TPSA) is 67.9 Å². The van der Waals surface area contributed by atoms with E-state index in [1.165, 1.54) is 4.90 Å². The quantitative estimate of drug-likeness (QED) is 0.521. The fraction of sp³-hybridized carbons (Fsp3) is 0.360. The molecular weight excluding hydrogens is 487 g/mol. The van der Waals surface area contributed by atoms with Gasteiger partial charge >= 0.3 is 18.2 Å². The average Bonchev–Trinajstić information content (AvgIpc) is 3.10. The van der Waals surface area contributed by atoms with Crippen molar-refractivity contribution in [2.24, 2.45) is 0 Å². The van der Waals surface area contributed by atoms with Crippen LogP contribution in [0.15, 0.2) is 42.1 Å². The molecular formula is C25H23F5N2O4. The van der Waals surface area contributed by atoms with E-state index in [0.29, 0.717) is 17.2 Å². The van der Waals surface area contributed by atoms with Crippen molar-refractivity contribution in [2.45, 2.75) is 51.9 Å². The van der Waals surface area contributed by atoms with Crippen LogP contribution in [-0.4, -0.2) is 35.3 Å². The second kappa shape index (κ2) is 8.49. The van der Waals surface area contributed by atoms with Gasteiger partial charge in [0.1, 0.15) is 11.4 Å². The summed E-state index contributed by atoms with van der Waals surface area (Å²) in [6.07, 6.45) is -6.75. The maximum absolute atomic E-state index is 14.5. The zero-order chi connectivity index (χ0) is 26.6. The third kappa shape index (κ3) is 3.96. The normalized spacial score (nSPS) is 16.9. The minimum absolute atomic E-state index is 0.00705. The fourth-order valence-corrected chi connectivity index (χ4v) is 4.48. The molecule has 2 aliphatic heterocycles. The number of carbonyl (C=O) groups excluding carboxylic acids is 2. The van der Waals surface area contributed by atoms with E-state index < -0.39 is 40.8 Å².